The predicted molar refractivity (Wildman–Crippen MR) is 154 cm³/mol. The van der Waals surface area contributed by atoms with Crippen LogP contribution in [0, 0.1) is 6.92 Å². The number of rotatable bonds is 9. The molecule has 198 valence electrons. The number of hydrogen-bond donors (Lipinski definition) is 2. The lowest BCUT2D eigenvalue weighted by Gasteiger charge is -2.12. The van der Waals surface area contributed by atoms with Crippen LogP contribution in [0.5, 0.6) is 17.2 Å². The van der Waals surface area contributed by atoms with E-state index in [1.165, 1.54) is 0 Å². The number of aromatic nitrogens is 4. The molecule has 0 aliphatic heterocycles. The van der Waals surface area contributed by atoms with Gasteiger partial charge in [-0.15, -0.1) is 0 Å². The first-order valence-electron chi connectivity index (χ1n) is 12.3. The lowest BCUT2D eigenvalue weighted by Crippen LogP contribution is -2.26. The van der Waals surface area contributed by atoms with Crippen LogP contribution < -0.4 is 20.1 Å². The van der Waals surface area contributed by atoms with Crippen molar-refractivity contribution in [3.63, 3.8) is 0 Å². The van der Waals surface area contributed by atoms with E-state index in [0.717, 1.165) is 32.3 Å². The number of halogens is 1. The van der Waals surface area contributed by atoms with Crippen LogP contribution in [0.25, 0.3) is 11.0 Å². The molecule has 0 atom stereocenters. The third-order valence-electron chi connectivity index (χ3n) is 6.22. The average Bonchev–Trinajstić information content (AvgIpc) is 3.24. The van der Waals surface area contributed by atoms with E-state index in [4.69, 9.17) is 14.5 Å². The Labute approximate surface area is 234 Å². The summed E-state index contributed by atoms with van der Waals surface area (Å²) in [6.07, 6.45) is 5.71. The first kappa shape index (κ1) is 26.2. The number of ether oxygens (including phenoxy) is 2. The Balaban J connectivity index is 1.33. The zero-order valence-corrected chi connectivity index (χ0v) is 23.3. The summed E-state index contributed by atoms with van der Waals surface area (Å²) in [7, 11) is 3.52. The number of fused-ring (bicyclic) bond motifs is 1. The van der Waals surface area contributed by atoms with Crippen LogP contribution in [0.1, 0.15) is 21.6 Å². The number of anilines is 2. The van der Waals surface area contributed by atoms with E-state index < -0.39 is 0 Å². The molecule has 0 aliphatic carbocycles. The average molecular weight is 587 g/mol. The van der Waals surface area contributed by atoms with Gasteiger partial charge in [0, 0.05) is 60.5 Å². The SMILES string of the molecule is COc1cc2c(cc1Oc1ccnc(C(=O)NCCc3ccncc3)c1)nc(Nc1ccc(Br)c(C)c1)n2C. The summed E-state index contributed by atoms with van der Waals surface area (Å²) >= 11 is 3.54. The van der Waals surface area contributed by atoms with E-state index in [0.29, 0.717) is 36.2 Å². The van der Waals surface area contributed by atoms with Gasteiger partial charge < -0.3 is 24.7 Å². The molecule has 0 radical (unpaired) electrons. The molecule has 39 heavy (non-hydrogen) atoms. The molecule has 0 saturated carbocycles. The van der Waals surface area contributed by atoms with Gasteiger partial charge in [0.25, 0.3) is 5.91 Å². The Morgan fingerprint density at radius 3 is 2.62 bits per heavy atom. The van der Waals surface area contributed by atoms with Crippen molar-refractivity contribution >= 4 is 44.5 Å². The van der Waals surface area contributed by atoms with Crippen molar-refractivity contribution in [2.75, 3.05) is 19.0 Å². The summed E-state index contributed by atoms with van der Waals surface area (Å²) in [6.45, 7) is 2.52. The van der Waals surface area contributed by atoms with Gasteiger partial charge in [0.05, 0.1) is 18.1 Å². The van der Waals surface area contributed by atoms with Gasteiger partial charge in [0.15, 0.2) is 11.5 Å². The first-order chi connectivity index (χ1) is 18.9. The van der Waals surface area contributed by atoms with Gasteiger partial charge in [-0.1, -0.05) is 15.9 Å². The molecule has 5 aromatic rings. The molecule has 0 fully saturated rings. The second-order valence-electron chi connectivity index (χ2n) is 8.92. The van der Waals surface area contributed by atoms with Crippen LogP contribution in [0.3, 0.4) is 0 Å². The Morgan fingerprint density at radius 2 is 1.85 bits per heavy atom. The highest BCUT2D eigenvalue weighted by Gasteiger charge is 2.16. The summed E-state index contributed by atoms with van der Waals surface area (Å²) in [5.74, 6) is 1.88. The molecule has 0 saturated heterocycles. The zero-order chi connectivity index (χ0) is 27.4. The fourth-order valence-electron chi connectivity index (χ4n) is 4.09. The molecular formula is C29H27BrN6O3. The maximum absolute atomic E-state index is 12.7. The Hall–Kier alpha value is -4.44. The number of amides is 1. The highest BCUT2D eigenvalue weighted by molar-refractivity contribution is 9.10. The van der Waals surface area contributed by atoms with Gasteiger partial charge in [-0.3, -0.25) is 14.8 Å². The molecule has 2 N–H and O–H groups in total. The molecule has 3 aromatic heterocycles. The Bertz CT molecular complexity index is 1640. The molecule has 2 aromatic carbocycles. The maximum Gasteiger partial charge on any atom is 0.270 e. The smallest absolute Gasteiger partial charge is 0.270 e. The van der Waals surface area contributed by atoms with E-state index in [2.05, 4.69) is 42.6 Å². The number of nitrogens with one attached hydrogen (secondary N) is 2. The molecule has 0 spiro atoms. The Morgan fingerprint density at radius 1 is 1.03 bits per heavy atom. The van der Waals surface area contributed by atoms with E-state index in [-0.39, 0.29) is 11.6 Å². The van der Waals surface area contributed by atoms with Gasteiger partial charge in [0.1, 0.15) is 11.4 Å². The summed E-state index contributed by atoms with van der Waals surface area (Å²) in [4.78, 5) is 25.7. The molecule has 9 nitrogen and oxygen atoms in total. The summed E-state index contributed by atoms with van der Waals surface area (Å²) in [5, 5.41) is 6.27. The number of nitrogens with zero attached hydrogens (tertiary/aromatic N) is 4. The number of benzene rings is 2. The topological polar surface area (TPSA) is 103 Å². The van der Waals surface area contributed by atoms with Crippen molar-refractivity contribution < 1.29 is 14.3 Å². The summed E-state index contributed by atoms with van der Waals surface area (Å²) in [6, 6.07) is 16.9. The van der Waals surface area contributed by atoms with E-state index >= 15 is 0 Å². The van der Waals surface area contributed by atoms with Crippen LogP contribution in [0.4, 0.5) is 11.6 Å². The van der Waals surface area contributed by atoms with Crippen molar-refractivity contribution in [1.82, 2.24) is 24.8 Å². The maximum atomic E-state index is 12.7. The van der Waals surface area contributed by atoms with Crippen molar-refractivity contribution in [2.45, 2.75) is 13.3 Å². The normalized spacial score (nSPS) is 10.9. The van der Waals surface area contributed by atoms with Crippen molar-refractivity contribution in [3.05, 3.63) is 94.5 Å². The zero-order valence-electron chi connectivity index (χ0n) is 21.7. The van der Waals surface area contributed by atoms with Crippen molar-refractivity contribution in [3.8, 4) is 17.2 Å². The first-order valence-corrected chi connectivity index (χ1v) is 13.1. The van der Waals surface area contributed by atoms with Crippen LogP contribution in [-0.4, -0.2) is 39.1 Å². The molecule has 0 aliphatic rings. The minimum atomic E-state index is -0.277. The van der Waals surface area contributed by atoms with Gasteiger partial charge in [-0.25, -0.2) is 4.98 Å². The van der Waals surface area contributed by atoms with Crippen LogP contribution in [0.15, 0.2) is 77.7 Å². The lowest BCUT2D eigenvalue weighted by molar-refractivity contribution is 0.0949. The van der Waals surface area contributed by atoms with E-state index in [1.807, 2.05) is 54.9 Å². The standard InChI is InChI=1S/C29H27BrN6O3/c1-18-14-20(4-5-22(18)30)34-29-35-23-16-27(26(38-3)17-25(23)36(29)2)39-21-9-13-32-24(15-21)28(37)33-12-8-19-6-10-31-11-7-19/h4-7,9-11,13-17H,8,12H2,1-3H3,(H,33,37)(H,34,35). The lowest BCUT2D eigenvalue weighted by atomic mass is 10.2. The van der Waals surface area contributed by atoms with E-state index in [1.54, 1.807) is 37.8 Å². The fraction of sp³-hybridized carbons (Fsp3) is 0.172. The Kier molecular flexibility index (Phi) is 7.74. The predicted octanol–water partition coefficient (Wildman–Crippen LogP) is 5.95. The largest absolute Gasteiger partial charge is 0.493 e. The van der Waals surface area contributed by atoms with Crippen LogP contribution in [0.2, 0.25) is 0 Å². The van der Waals surface area contributed by atoms with Crippen molar-refractivity contribution in [1.29, 1.82) is 0 Å². The third kappa shape index (κ3) is 6.01. The molecule has 0 bridgehead atoms. The molecule has 0 unspecified atom stereocenters. The third-order valence-corrected chi connectivity index (χ3v) is 7.11. The highest BCUT2D eigenvalue weighted by Crippen LogP contribution is 2.36. The summed E-state index contributed by atoms with van der Waals surface area (Å²) in [5.41, 5.74) is 5.01. The molecule has 3 heterocycles. The van der Waals surface area contributed by atoms with Crippen LogP contribution in [-0.2, 0) is 13.5 Å². The van der Waals surface area contributed by atoms with Gasteiger partial charge >= 0.3 is 0 Å². The minimum Gasteiger partial charge on any atom is -0.493 e. The molecule has 10 heteroatoms. The number of carbonyl (C=O) groups is 1. The molecule has 5 rings (SSSR count). The highest BCUT2D eigenvalue weighted by atomic mass is 79.9. The number of imidazole rings is 1. The van der Waals surface area contributed by atoms with Crippen molar-refractivity contribution in [2.24, 2.45) is 7.05 Å². The minimum absolute atomic E-state index is 0.261. The second-order valence-corrected chi connectivity index (χ2v) is 9.77. The number of aryl methyl sites for hydroxylation is 2. The molecular weight excluding hydrogens is 560 g/mol. The number of carbonyl (C=O) groups excluding carboxylic acids is 1. The monoisotopic (exact) mass is 586 g/mol. The van der Waals surface area contributed by atoms with Crippen LogP contribution >= 0.6 is 15.9 Å². The van der Waals surface area contributed by atoms with Gasteiger partial charge in [0.2, 0.25) is 5.95 Å². The van der Waals surface area contributed by atoms with Gasteiger partial charge in [-0.05, 0) is 60.9 Å². The quantitative estimate of drug-likeness (QED) is 0.220. The second kappa shape index (κ2) is 11.5. The molecule has 1 amide bonds. The van der Waals surface area contributed by atoms with Gasteiger partial charge in [-0.2, -0.15) is 0 Å². The number of pyridine rings is 2. The number of hydrogen-bond acceptors (Lipinski definition) is 7. The summed E-state index contributed by atoms with van der Waals surface area (Å²) < 4.78 is 14.8. The number of methoxy groups -OCH3 is 1. The van der Waals surface area contributed by atoms with E-state index in [9.17, 15) is 4.79 Å². The fourth-order valence-corrected chi connectivity index (χ4v) is 4.34.